The van der Waals surface area contributed by atoms with Crippen LogP contribution < -0.4 is 10.1 Å². The van der Waals surface area contributed by atoms with E-state index in [1.165, 1.54) is 30.0 Å². The summed E-state index contributed by atoms with van der Waals surface area (Å²) in [5.74, 6) is 0.0606. The molecular weight excluding hydrogens is 472 g/mol. The highest BCUT2D eigenvalue weighted by atomic mass is 32.2. The second kappa shape index (κ2) is 9.27. The van der Waals surface area contributed by atoms with Gasteiger partial charge in [0, 0.05) is 5.75 Å². The number of para-hydroxylation sites is 1. The van der Waals surface area contributed by atoms with Gasteiger partial charge < -0.3 is 4.74 Å². The lowest BCUT2D eigenvalue weighted by Crippen LogP contribution is -2.37. The lowest BCUT2D eigenvalue weighted by Gasteiger charge is -2.13. The maximum atomic E-state index is 12.5. The number of carbonyl (C=O) groups excluding carboxylic acids is 2. The van der Waals surface area contributed by atoms with Gasteiger partial charge in [-0.2, -0.15) is 0 Å². The number of ether oxygens (including phenoxy) is 1. The molecule has 12 heteroatoms. The zero-order valence-corrected chi connectivity index (χ0v) is 19.3. The average Bonchev–Trinajstić information content (AvgIpc) is 3.29. The van der Waals surface area contributed by atoms with E-state index in [-0.39, 0.29) is 15.6 Å². The Morgan fingerprint density at radius 2 is 1.91 bits per heavy atom. The van der Waals surface area contributed by atoms with Crippen molar-refractivity contribution in [2.75, 3.05) is 24.2 Å². The maximum Gasteiger partial charge on any atom is 0.269 e. The van der Waals surface area contributed by atoms with Crippen LogP contribution in [0.25, 0.3) is 0 Å². The van der Waals surface area contributed by atoms with Crippen LogP contribution in [0.5, 0.6) is 5.75 Å². The minimum Gasteiger partial charge on any atom is -0.492 e. The molecule has 1 aliphatic heterocycles. The summed E-state index contributed by atoms with van der Waals surface area (Å²) in [4.78, 5) is 24.7. The Hall–Kier alpha value is -2.96. The molecule has 0 fully saturated rings. The minimum atomic E-state index is -4.05. The fraction of sp³-hybridized carbons (Fsp3) is 0.200. The fourth-order valence-corrected chi connectivity index (χ4v) is 6.18. The van der Waals surface area contributed by atoms with Crippen LogP contribution in [0.4, 0.5) is 5.13 Å². The number of benzene rings is 2. The molecule has 0 unspecified atom stereocenters. The standard InChI is InChI=1S/C20H18N4O5S3/c1-13-6-2-4-8-15(13)29-10-11-30-20-23-22-19(31-20)21-17(25)12-24-18(26)14-7-3-5-9-16(14)32(24,27)28/h2-9H,10-12H2,1H3,(H,21,22,25). The quantitative estimate of drug-likeness (QED) is 0.291. The van der Waals surface area contributed by atoms with Crippen molar-refractivity contribution in [1.29, 1.82) is 0 Å². The molecule has 0 saturated carbocycles. The van der Waals surface area contributed by atoms with Gasteiger partial charge in [-0.25, -0.2) is 12.7 Å². The highest BCUT2D eigenvalue weighted by Gasteiger charge is 2.41. The Morgan fingerprint density at radius 3 is 2.69 bits per heavy atom. The number of aromatic nitrogens is 2. The lowest BCUT2D eigenvalue weighted by molar-refractivity contribution is -0.116. The van der Waals surface area contributed by atoms with E-state index >= 15 is 0 Å². The first kappa shape index (κ1) is 22.2. The Kier molecular flexibility index (Phi) is 6.44. The van der Waals surface area contributed by atoms with Crippen LogP contribution in [0.15, 0.2) is 57.8 Å². The Bertz CT molecular complexity index is 1280. The van der Waals surface area contributed by atoms with E-state index in [1.54, 1.807) is 6.07 Å². The minimum absolute atomic E-state index is 0.0582. The summed E-state index contributed by atoms with van der Waals surface area (Å²) in [5.41, 5.74) is 1.11. The monoisotopic (exact) mass is 490 g/mol. The molecule has 4 rings (SSSR count). The van der Waals surface area contributed by atoms with Gasteiger partial charge >= 0.3 is 0 Å². The molecule has 1 aliphatic rings. The van der Waals surface area contributed by atoms with Crippen LogP contribution >= 0.6 is 23.1 Å². The number of aryl methyl sites for hydroxylation is 1. The van der Waals surface area contributed by atoms with E-state index in [9.17, 15) is 18.0 Å². The molecule has 9 nitrogen and oxygen atoms in total. The molecule has 0 spiro atoms. The number of hydrogen-bond donors (Lipinski definition) is 1. The largest absolute Gasteiger partial charge is 0.492 e. The number of nitrogens with zero attached hydrogens (tertiary/aromatic N) is 3. The maximum absolute atomic E-state index is 12.5. The molecule has 0 bridgehead atoms. The van der Waals surface area contributed by atoms with Crippen LogP contribution in [0.2, 0.25) is 0 Å². The van der Waals surface area contributed by atoms with Gasteiger partial charge in [-0.05, 0) is 30.7 Å². The summed E-state index contributed by atoms with van der Waals surface area (Å²) in [7, 11) is -4.05. The van der Waals surface area contributed by atoms with Gasteiger partial charge in [0.15, 0.2) is 4.34 Å². The summed E-state index contributed by atoms with van der Waals surface area (Å²) in [5, 5.41) is 10.6. The predicted molar refractivity (Wildman–Crippen MR) is 121 cm³/mol. The third-order valence-corrected chi connectivity index (χ3v) is 8.24. The van der Waals surface area contributed by atoms with E-state index in [1.807, 2.05) is 31.2 Å². The molecule has 2 aromatic carbocycles. The summed E-state index contributed by atoms with van der Waals surface area (Å²) in [6.45, 7) is 1.82. The number of fused-ring (bicyclic) bond motifs is 1. The molecule has 0 radical (unpaired) electrons. The molecule has 2 amide bonds. The summed E-state index contributed by atoms with van der Waals surface area (Å²) >= 11 is 2.58. The number of carbonyl (C=O) groups is 2. The molecule has 1 N–H and O–H groups in total. The van der Waals surface area contributed by atoms with Gasteiger partial charge in [0.25, 0.3) is 15.9 Å². The zero-order valence-electron chi connectivity index (χ0n) is 16.8. The van der Waals surface area contributed by atoms with E-state index in [4.69, 9.17) is 4.74 Å². The third-order valence-electron chi connectivity index (χ3n) is 4.51. The molecule has 2 heterocycles. The Morgan fingerprint density at radius 1 is 1.16 bits per heavy atom. The number of hydrogen-bond acceptors (Lipinski definition) is 9. The van der Waals surface area contributed by atoms with Gasteiger partial charge in [-0.1, -0.05) is 53.4 Å². The van der Waals surface area contributed by atoms with E-state index in [0.717, 1.165) is 22.6 Å². The van der Waals surface area contributed by atoms with Crippen molar-refractivity contribution in [3.05, 3.63) is 59.7 Å². The Labute approximate surface area is 192 Å². The smallest absolute Gasteiger partial charge is 0.269 e. The Balaban J connectivity index is 1.29. The van der Waals surface area contributed by atoms with Crippen LogP contribution in [-0.2, 0) is 14.8 Å². The van der Waals surface area contributed by atoms with Crippen molar-refractivity contribution in [2.24, 2.45) is 0 Å². The molecular formula is C20H18N4O5S3. The van der Waals surface area contributed by atoms with Crippen molar-refractivity contribution in [3.63, 3.8) is 0 Å². The first-order chi connectivity index (χ1) is 15.4. The van der Waals surface area contributed by atoms with E-state index in [0.29, 0.717) is 21.0 Å². The van der Waals surface area contributed by atoms with Crippen molar-refractivity contribution in [3.8, 4) is 5.75 Å². The number of rotatable bonds is 8. The number of nitrogens with one attached hydrogen (secondary N) is 1. The van der Waals surface area contributed by atoms with Crippen molar-refractivity contribution >= 4 is 50.1 Å². The lowest BCUT2D eigenvalue weighted by atomic mass is 10.2. The average molecular weight is 491 g/mol. The first-order valence-corrected chi connectivity index (χ1v) is 12.7. The number of sulfonamides is 1. The number of anilines is 1. The molecule has 32 heavy (non-hydrogen) atoms. The summed E-state index contributed by atoms with van der Waals surface area (Å²) < 4.78 is 32.0. The van der Waals surface area contributed by atoms with Gasteiger partial charge in [-0.3, -0.25) is 14.9 Å². The van der Waals surface area contributed by atoms with Crippen molar-refractivity contribution in [2.45, 2.75) is 16.2 Å². The van der Waals surface area contributed by atoms with E-state index < -0.39 is 28.4 Å². The summed E-state index contributed by atoms with van der Waals surface area (Å²) in [6, 6.07) is 13.6. The van der Waals surface area contributed by atoms with Gasteiger partial charge in [-0.15, -0.1) is 10.2 Å². The third kappa shape index (κ3) is 4.61. The molecule has 3 aromatic rings. The molecule has 0 aliphatic carbocycles. The molecule has 1 aromatic heterocycles. The zero-order chi connectivity index (χ0) is 22.7. The van der Waals surface area contributed by atoms with Crippen LogP contribution in [0.3, 0.4) is 0 Å². The van der Waals surface area contributed by atoms with Crippen LogP contribution in [-0.4, -0.2) is 53.6 Å². The highest BCUT2D eigenvalue weighted by molar-refractivity contribution is 8.01. The molecule has 0 atom stereocenters. The molecule has 166 valence electrons. The second-order valence-corrected chi connectivity index (χ2v) is 10.8. The fourth-order valence-electron chi connectivity index (χ4n) is 2.99. The first-order valence-electron chi connectivity index (χ1n) is 9.47. The van der Waals surface area contributed by atoms with Crippen molar-refractivity contribution in [1.82, 2.24) is 14.5 Å². The van der Waals surface area contributed by atoms with Gasteiger partial charge in [0.1, 0.15) is 17.2 Å². The van der Waals surface area contributed by atoms with Crippen LogP contribution in [0, 0.1) is 6.92 Å². The van der Waals surface area contributed by atoms with Crippen molar-refractivity contribution < 1.29 is 22.7 Å². The van der Waals surface area contributed by atoms with Crippen LogP contribution in [0.1, 0.15) is 15.9 Å². The van der Waals surface area contributed by atoms with Gasteiger partial charge in [0.2, 0.25) is 11.0 Å². The van der Waals surface area contributed by atoms with Gasteiger partial charge in [0.05, 0.1) is 12.2 Å². The topological polar surface area (TPSA) is 119 Å². The number of thioether (sulfide) groups is 1. The second-order valence-electron chi connectivity index (χ2n) is 6.70. The normalized spacial score (nSPS) is 14.3. The SMILES string of the molecule is Cc1ccccc1OCCSc1nnc(NC(=O)CN2C(=O)c3ccccc3S2(=O)=O)s1. The van der Waals surface area contributed by atoms with E-state index in [2.05, 4.69) is 15.5 Å². The number of amides is 2. The summed E-state index contributed by atoms with van der Waals surface area (Å²) in [6.07, 6.45) is 0. The highest BCUT2D eigenvalue weighted by Crippen LogP contribution is 2.30. The predicted octanol–water partition coefficient (Wildman–Crippen LogP) is 2.80. The molecule has 0 saturated heterocycles.